The van der Waals surface area contributed by atoms with Crippen molar-refractivity contribution in [3.8, 4) is 0 Å². The molecule has 0 fully saturated rings. The maximum atomic E-state index is 13.0. The van der Waals surface area contributed by atoms with Crippen LogP contribution in [0.2, 0.25) is 0 Å². The lowest BCUT2D eigenvalue weighted by molar-refractivity contribution is -0.140. The molecule has 0 aliphatic rings. The average Bonchev–Trinajstić information content (AvgIpc) is 2.33. The van der Waals surface area contributed by atoms with E-state index in [0.717, 1.165) is 12.1 Å². The lowest BCUT2D eigenvalue weighted by Crippen LogP contribution is -2.45. The second kappa shape index (κ2) is 6.26. The van der Waals surface area contributed by atoms with Crippen molar-refractivity contribution in [3.05, 3.63) is 35.4 Å². The van der Waals surface area contributed by atoms with Crippen molar-refractivity contribution in [1.82, 2.24) is 5.32 Å². The van der Waals surface area contributed by atoms with Gasteiger partial charge in [0.05, 0.1) is 0 Å². The minimum Gasteiger partial charge on any atom is -0.480 e. The molecule has 1 aromatic carbocycles. The van der Waals surface area contributed by atoms with Crippen LogP contribution in [0.5, 0.6) is 0 Å². The first kappa shape index (κ1) is 15.1. The minimum atomic E-state index is -1.18. The maximum Gasteiger partial charge on any atom is 0.326 e. The van der Waals surface area contributed by atoms with Crippen LogP contribution >= 0.6 is 0 Å². The number of amides is 1. The second-order valence-electron chi connectivity index (χ2n) is 4.33. The summed E-state index contributed by atoms with van der Waals surface area (Å²) in [6, 6.07) is 1.26. The number of carbonyl (C=O) groups excluding carboxylic acids is 1. The largest absolute Gasteiger partial charge is 0.480 e. The molecule has 1 rings (SSSR count). The highest BCUT2D eigenvalue weighted by molar-refractivity contribution is 5.96. The summed E-state index contributed by atoms with van der Waals surface area (Å²) < 4.78 is 25.9. The van der Waals surface area contributed by atoms with Crippen LogP contribution in [0.4, 0.5) is 8.78 Å². The van der Waals surface area contributed by atoms with E-state index < -0.39 is 29.6 Å². The number of halogens is 2. The zero-order chi connectivity index (χ0) is 14.6. The summed E-state index contributed by atoms with van der Waals surface area (Å²) in [7, 11) is 0. The summed E-state index contributed by atoms with van der Waals surface area (Å²) in [4.78, 5) is 22.8. The average molecular weight is 271 g/mol. The summed E-state index contributed by atoms with van der Waals surface area (Å²) in [5.74, 6) is -4.06. The molecule has 0 aromatic heterocycles. The Morgan fingerprint density at radius 1 is 1.26 bits per heavy atom. The van der Waals surface area contributed by atoms with Gasteiger partial charge in [0.15, 0.2) is 0 Å². The Balaban J connectivity index is 2.90. The molecule has 6 heteroatoms. The quantitative estimate of drug-likeness (QED) is 0.862. The van der Waals surface area contributed by atoms with E-state index in [9.17, 15) is 18.4 Å². The van der Waals surface area contributed by atoms with Gasteiger partial charge in [0.25, 0.3) is 5.91 Å². The van der Waals surface area contributed by atoms with Gasteiger partial charge >= 0.3 is 5.97 Å². The van der Waals surface area contributed by atoms with E-state index in [4.69, 9.17) is 5.11 Å². The Labute approximate surface area is 109 Å². The van der Waals surface area contributed by atoms with Crippen molar-refractivity contribution in [1.29, 1.82) is 0 Å². The van der Waals surface area contributed by atoms with Crippen molar-refractivity contribution in [2.75, 3.05) is 0 Å². The number of carboxylic acid groups (broad SMARTS) is 1. The van der Waals surface area contributed by atoms with Gasteiger partial charge in [-0.15, -0.1) is 0 Å². The number of hydrogen-bond acceptors (Lipinski definition) is 2. The van der Waals surface area contributed by atoms with E-state index in [1.807, 2.05) is 0 Å². The van der Waals surface area contributed by atoms with Crippen molar-refractivity contribution in [2.24, 2.45) is 5.92 Å². The molecule has 19 heavy (non-hydrogen) atoms. The molecule has 2 N–H and O–H groups in total. The van der Waals surface area contributed by atoms with Gasteiger partial charge in [0.2, 0.25) is 0 Å². The monoisotopic (exact) mass is 271 g/mol. The van der Waals surface area contributed by atoms with Gasteiger partial charge < -0.3 is 10.4 Å². The lowest BCUT2D eigenvalue weighted by Gasteiger charge is -2.20. The SMILES string of the molecule is CC[C@@H](C)[C@@H](NC(=O)c1cc(F)cc(F)c1)C(=O)O. The summed E-state index contributed by atoms with van der Waals surface area (Å²) in [5, 5.41) is 11.3. The van der Waals surface area contributed by atoms with Crippen LogP contribution in [0.25, 0.3) is 0 Å². The second-order valence-corrected chi connectivity index (χ2v) is 4.33. The van der Waals surface area contributed by atoms with Crippen LogP contribution in [0, 0.1) is 17.6 Å². The number of carbonyl (C=O) groups is 2. The van der Waals surface area contributed by atoms with Gasteiger partial charge in [-0.2, -0.15) is 0 Å². The van der Waals surface area contributed by atoms with Crippen LogP contribution in [0.3, 0.4) is 0 Å². The molecule has 0 saturated carbocycles. The fourth-order valence-corrected chi connectivity index (χ4v) is 1.59. The van der Waals surface area contributed by atoms with Crippen LogP contribution in [0.1, 0.15) is 30.6 Å². The van der Waals surface area contributed by atoms with Gasteiger partial charge in [-0.3, -0.25) is 4.79 Å². The molecule has 0 spiro atoms. The first-order valence-corrected chi connectivity index (χ1v) is 5.85. The Hall–Kier alpha value is -1.98. The number of benzene rings is 1. The van der Waals surface area contributed by atoms with E-state index in [-0.39, 0.29) is 11.5 Å². The van der Waals surface area contributed by atoms with Crippen LogP contribution in [0.15, 0.2) is 18.2 Å². The lowest BCUT2D eigenvalue weighted by atomic mass is 9.99. The number of aliphatic carboxylic acids is 1. The molecular weight excluding hydrogens is 256 g/mol. The van der Waals surface area contributed by atoms with Crippen LogP contribution < -0.4 is 5.32 Å². The molecule has 4 nitrogen and oxygen atoms in total. The molecule has 0 radical (unpaired) electrons. The Morgan fingerprint density at radius 2 is 1.79 bits per heavy atom. The molecule has 0 saturated heterocycles. The van der Waals surface area contributed by atoms with E-state index in [1.165, 1.54) is 0 Å². The third kappa shape index (κ3) is 4.01. The van der Waals surface area contributed by atoms with Crippen molar-refractivity contribution < 1.29 is 23.5 Å². The molecule has 1 amide bonds. The summed E-state index contributed by atoms with van der Waals surface area (Å²) in [5.41, 5.74) is -0.243. The fourth-order valence-electron chi connectivity index (χ4n) is 1.59. The standard InChI is InChI=1S/C13H15F2NO3/c1-3-7(2)11(13(18)19)16-12(17)8-4-9(14)6-10(15)5-8/h4-7,11H,3H2,1-2H3,(H,16,17)(H,18,19)/t7-,11-/m1/s1. The van der Waals surface area contributed by atoms with E-state index in [2.05, 4.69) is 5.32 Å². The molecular formula is C13H15F2NO3. The summed E-state index contributed by atoms with van der Waals surface area (Å²) >= 11 is 0. The zero-order valence-corrected chi connectivity index (χ0v) is 10.6. The summed E-state index contributed by atoms with van der Waals surface area (Å²) in [6.07, 6.45) is 0.550. The normalized spacial score (nSPS) is 13.7. The predicted octanol–water partition coefficient (Wildman–Crippen LogP) is 2.19. The molecule has 0 bridgehead atoms. The highest BCUT2D eigenvalue weighted by Gasteiger charge is 2.26. The Bertz CT molecular complexity index is 471. The molecule has 0 aliphatic heterocycles. The van der Waals surface area contributed by atoms with Gasteiger partial charge in [0.1, 0.15) is 17.7 Å². The predicted molar refractivity (Wildman–Crippen MR) is 64.7 cm³/mol. The highest BCUT2D eigenvalue weighted by Crippen LogP contribution is 2.11. The topological polar surface area (TPSA) is 66.4 Å². The minimum absolute atomic E-state index is 0.243. The van der Waals surface area contributed by atoms with Gasteiger partial charge in [-0.1, -0.05) is 20.3 Å². The van der Waals surface area contributed by atoms with E-state index >= 15 is 0 Å². The fraction of sp³-hybridized carbons (Fsp3) is 0.385. The molecule has 2 atom stereocenters. The van der Waals surface area contributed by atoms with Gasteiger partial charge in [-0.05, 0) is 18.1 Å². The van der Waals surface area contributed by atoms with E-state index in [0.29, 0.717) is 12.5 Å². The number of rotatable bonds is 5. The maximum absolute atomic E-state index is 13.0. The molecule has 0 aliphatic carbocycles. The van der Waals surface area contributed by atoms with E-state index in [1.54, 1.807) is 13.8 Å². The van der Waals surface area contributed by atoms with Crippen molar-refractivity contribution in [2.45, 2.75) is 26.3 Å². The number of hydrogen-bond donors (Lipinski definition) is 2. The first-order chi connectivity index (χ1) is 8.85. The van der Waals surface area contributed by atoms with Gasteiger partial charge in [-0.25, -0.2) is 13.6 Å². The van der Waals surface area contributed by atoms with Crippen LogP contribution in [-0.4, -0.2) is 23.0 Å². The first-order valence-electron chi connectivity index (χ1n) is 5.85. The van der Waals surface area contributed by atoms with Crippen molar-refractivity contribution in [3.63, 3.8) is 0 Å². The number of carboxylic acids is 1. The molecule has 0 heterocycles. The van der Waals surface area contributed by atoms with Crippen LogP contribution in [-0.2, 0) is 4.79 Å². The smallest absolute Gasteiger partial charge is 0.326 e. The zero-order valence-electron chi connectivity index (χ0n) is 10.6. The molecule has 104 valence electrons. The summed E-state index contributed by atoms with van der Waals surface area (Å²) in [6.45, 7) is 3.46. The third-order valence-corrected chi connectivity index (χ3v) is 2.89. The number of nitrogens with one attached hydrogen (secondary N) is 1. The third-order valence-electron chi connectivity index (χ3n) is 2.89. The Kier molecular flexibility index (Phi) is 4.97. The Morgan fingerprint density at radius 3 is 2.21 bits per heavy atom. The molecule has 0 unspecified atom stereocenters. The van der Waals surface area contributed by atoms with Gasteiger partial charge in [0, 0.05) is 11.6 Å². The molecule has 1 aromatic rings. The van der Waals surface area contributed by atoms with Crippen molar-refractivity contribution >= 4 is 11.9 Å². The highest BCUT2D eigenvalue weighted by atomic mass is 19.1.